The second-order valence-electron chi connectivity index (χ2n) is 5.26. The molecule has 1 aliphatic heterocycles. The summed E-state index contributed by atoms with van der Waals surface area (Å²) in [6, 6.07) is 10.5. The van der Waals surface area contributed by atoms with Gasteiger partial charge in [-0.05, 0) is 23.8 Å². The minimum absolute atomic E-state index is 0.0384. The number of methoxy groups -OCH3 is 1. The number of sulfonamides is 1. The molecule has 0 N–H and O–H groups in total. The maximum atomic E-state index is 13.9. The monoisotopic (exact) mass is 339 g/mol. The quantitative estimate of drug-likeness (QED) is 0.860. The van der Waals surface area contributed by atoms with Gasteiger partial charge in [0, 0.05) is 18.7 Å². The molecule has 1 fully saturated rings. The summed E-state index contributed by atoms with van der Waals surface area (Å²) in [6.45, 7) is -0.290. The number of nitrogens with zero attached hydrogens (tertiary/aromatic N) is 1. The largest absolute Gasteiger partial charge is 0.494 e. The van der Waals surface area contributed by atoms with Gasteiger partial charge in [-0.1, -0.05) is 24.3 Å². The van der Waals surface area contributed by atoms with Crippen LogP contribution in [0.2, 0.25) is 0 Å². The summed E-state index contributed by atoms with van der Waals surface area (Å²) in [4.78, 5) is 0.0384. The van der Waals surface area contributed by atoms with Crippen LogP contribution in [-0.2, 0) is 10.0 Å². The van der Waals surface area contributed by atoms with E-state index in [-0.39, 0.29) is 23.7 Å². The van der Waals surface area contributed by atoms with Crippen molar-refractivity contribution in [2.45, 2.75) is 11.1 Å². The Balaban J connectivity index is 2.06. The molecule has 2 aromatic rings. The molecule has 0 spiro atoms. The minimum Gasteiger partial charge on any atom is -0.494 e. The summed E-state index contributed by atoms with van der Waals surface area (Å²) in [5.74, 6) is -0.498. The third-order valence-corrected chi connectivity index (χ3v) is 5.66. The highest BCUT2D eigenvalue weighted by Gasteiger charge is 2.37. The van der Waals surface area contributed by atoms with E-state index in [0.717, 1.165) is 4.31 Å². The van der Waals surface area contributed by atoms with Gasteiger partial charge in [0.05, 0.1) is 12.0 Å². The Kier molecular flexibility index (Phi) is 4.08. The number of ether oxygens (including phenoxy) is 1. The Morgan fingerprint density at radius 1 is 1.17 bits per heavy atom. The standard InChI is InChI=1S/C16H15F2NO3S/c1-22-15-7-6-11(8-14(15)18)13-4-2-3-5-16(13)23(20,21)19-9-12(17)10-19/h2-8,12H,9-10H2,1H3. The average molecular weight is 339 g/mol. The van der Waals surface area contributed by atoms with Gasteiger partial charge in [0.15, 0.2) is 11.6 Å². The fourth-order valence-electron chi connectivity index (χ4n) is 2.49. The Hall–Kier alpha value is -1.99. The molecule has 23 heavy (non-hydrogen) atoms. The van der Waals surface area contributed by atoms with Crippen molar-refractivity contribution in [1.29, 1.82) is 0 Å². The van der Waals surface area contributed by atoms with E-state index in [9.17, 15) is 17.2 Å². The smallest absolute Gasteiger partial charge is 0.243 e. The lowest BCUT2D eigenvalue weighted by Gasteiger charge is -2.33. The lowest BCUT2D eigenvalue weighted by molar-refractivity contribution is 0.141. The number of hydrogen-bond donors (Lipinski definition) is 0. The summed E-state index contributed by atoms with van der Waals surface area (Å²) in [5.41, 5.74) is 0.788. The first-order valence-electron chi connectivity index (χ1n) is 7.00. The Bertz CT molecular complexity index is 833. The molecule has 122 valence electrons. The Labute approximate surface area is 133 Å². The summed E-state index contributed by atoms with van der Waals surface area (Å²) in [7, 11) is -2.45. The number of halogens is 2. The van der Waals surface area contributed by atoms with Crippen molar-refractivity contribution >= 4 is 10.0 Å². The van der Waals surface area contributed by atoms with Crippen LogP contribution < -0.4 is 4.74 Å². The molecule has 0 aromatic heterocycles. The highest BCUT2D eigenvalue weighted by Crippen LogP contribution is 2.33. The summed E-state index contributed by atoms with van der Waals surface area (Å²) < 4.78 is 58.1. The van der Waals surface area contributed by atoms with Crippen LogP contribution in [0.1, 0.15) is 0 Å². The first kappa shape index (κ1) is 15.9. The summed E-state index contributed by atoms with van der Waals surface area (Å²) in [5, 5.41) is 0. The van der Waals surface area contributed by atoms with E-state index < -0.39 is 22.0 Å². The summed E-state index contributed by atoms with van der Waals surface area (Å²) >= 11 is 0. The molecule has 0 amide bonds. The molecule has 3 rings (SSSR count). The minimum atomic E-state index is -3.80. The van der Waals surface area contributed by atoms with Crippen LogP contribution in [0.4, 0.5) is 8.78 Å². The van der Waals surface area contributed by atoms with Gasteiger partial charge in [0.25, 0.3) is 0 Å². The second-order valence-corrected chi connectivity index (χ2v) is 7.17. The molecule has 0 saturated carbocycles. The van der Waals surface area contributed by atoms with Crippen molar-refractivity contribution in [1.82, 2.24) is 4.31 Å². The average Bonchev–Trinajstić information content (AvgIpc) is 2.51. The molecule has 4 nitrogen and oxygen atoms in total. The van der Waals surface area contributed by atoms with Gasteiger partial charge in [0.2, 0.25) is 10.0 Å². The molecular formula is C16H15F2NO3S. The van der Waals surface area contributed by atoms with E-state index in [0.29, 0.717) is 11.1 Å². The van der Waals surface area contributed by atoms with E-state index in [4.69, 9.17) is 4.74 Å². The van der Waals surface area contributed by atoms with Gasteiger partial charge in [-0.15, -0.1) is 0 Å². The van der Waals surface area contributed by atoms with E-state index in [1.165, 1.54) is 25.3 Å². The lowest BCUT2D eigenvalue weighted by Crippen LogP contribution is -2.51. The fourth-order valence-corrected chi connectivity index (χ4v) is 4.20. The van der Waals surface area contributed by atoms with Gasteiger partial charge in [0.1, 0.15) is 6.17 Å². The molecule has 1 heterocycles. The summed E-state index contributed by atoms with van der Waals surface area (Å²) in [6.07, 6.45) is -1.13. The molecule has 0 unspecified atom stereocenters. The number of benzene rings is 2. The predicted molar refractivity (Wildman–Crippen MR) is 82.0 cm³/mol. The van der Waals surface area contributed by atoms with Crippen LogP contribution >= 0.6 is 0 Å². The zero-order chi connectivity index (χ0) is 16.6. The molecular weight excluding hydrogens is 324 g/mol. The second kappa shape index (κ2) is 5.90. The van der Waals surface area contributed by atoms with Gasteiger partial charge >= 0.3 is 0 Å². The Morgan fingerprint density at radius 2 is 1.87 bits per heavy atom. The molecule has 0 radical (unpaired) electrons. The number of rotatable bonds is 4. The van der Waals surface area contributed by atoms with Crippen LogP contribution in [0, 0.1) is 5.82 Å². The predicted octanol–water partition coefficient (Wildman–Crippen LogP) is 2.84. The van der Waals surface area contributed by atoms with Crippen molar-refractivity contribution in [3.05, 3.63) is 48.3 Å². The molecule has 1 saturated heterocycles. The van der Waals surface area contributed by atoms with E-state index in [1.807, 2.05) is 0 Å². The third kappa shape index (κ3) is 2.82. The number of hydrogen-bond acceptors (Lipinski definition) is 3. The van der Waals surface area contributed by atoms with Crippen LogP contribution in [0.25, 0.3) is 11.1 Å². The topological polar surface area (TPSA) is 46.6 Å². The number of alkyl halides is 1. The van der Waals surface area contributed by atoms with E-state index in [2.05, 4.69) is 0 Å². The first-order valence-corrected chi connectivity index (χ1v) is 8.44. The lowest BCUT2D eigenvalue weighted by atomic mass is 10.1. The van der Waals surface area contributed by atoms with Gasteiger partial charge in [-0.2, -0.15) is 4.31 Å². The molecule has 2 aromatic carbocycles. The van der Waals surface area contributed by atoms with Gasteiger partial charge in [-0.25, -0.2) is 17.2 Å². The van der Waals surface area contributed by atoms with Crippen LogP contribution in [-0.4, -0.2) is 39.1 Å². The van der Waals surface area contributed by atoms with Gasteiger partial charge < -0.3 is 4.74 Å². The van der Waals surface area contributed by atoms with Crippen LogP contribution in [0.3, 0.4) is 0 Å². The SMILES string of the molecule is COc1ccc(-c2ccccc2S(=O)(=O)N2CC(F)C2)cc1F. The molecule has 0 aliphatic carbocycles. The maximum Gasteiger partial charge on any atom is 0.243 e. The molecule has 1 aliphatic rings. The van der Waals surface area contributed by atoms with Crippen molar-refractivity contribution in [3.63, 3.8) is 0 Å². The van der Waals surface area contributed by atoms with Crippen LogP contribution in [0.5, 0.6) is 5.75 Å². The Morgan fingerprint density at radius 3 is 2.48 bits per heavy atom. The highest BCUT2D eigenvalue weighted by molar-refractivity contribution is 7.89. The normalized spacial score (nSPS) is 16.1. The van der Waals surface area contributed by atoms with Crippen molar-refractivity contribution in [2.24, 2.45) is 0 Å². The molecule has 0 bridgehead atoms. The first-order chi connectivity index (χ1) is 10.9. The zero-order valence-electron chi connectivity index (χ0n) is 12.4. The molecule has 0 atom stereocenters. The maximum absolute atomic E-state index is 13.9. The zero-order valence-corrected chi connectivity index (χ0v) is 13.2. The van der Waals surface area contributed by atoms with Crippen molar-refractivity contribution in [3.8, 4) is 16.9 Å². The van der Waals surface area contributed by atoms with Crippen molar-refractivity contribution in [2.75, 3.05) is 20.2 Å². The van der Waals surface area contributed by atoms with E-state index >= 15 is 0 Å². The van der Waals surface area contributed by atoms with Crippen molar-refractivity contribution < 1.29 is 21.9 Å². The van der Waals surface area contributed by atoms with Crippen LogP contribution in [0.15, 0.2) is 47.4 Å². The highest BCUT2D eigenvalue weighted by atomic mass is 32.2. The van der Waals surface area contributed by atoms with Gasteiger partial charge in [-0.3, -0.25) is 0 Å². The third-order valence-electron chi connectivity index (χ3n) is 3.77. The fraction of sp³-hybridized carbons (Fsp3) is 0.250. The van der Waals surface area contributed by atoms with E-state index in [1.54, 1.807) is 24.3 Å². The molecule has 7 heteroatoms.